The van der Waals surface area contributed by atoms with Gasteiger partial charge in [-0.1, -0.05) is 29.8 Å². The molecule has 1 aromatic heterocycles. The van der Waals surface area contributed by atoms with Crippen LogP contribution < -0.4 is 10.5 Å². The first-order valence-corrected chi connectivity index (χ1v) is 6.58. The first kappa shape index (κ1) is 13.2. The van der Waals surface area contributed by atoms with Crippen LogP contribution in [0.3, 0.4) is 0 Å². The van der Waals surface area contributed by atoms with Crippen molar-refractivity contribution >= 4 is 28.2 Å². The van der Waals surface area contributed by atoms with E-state index in [0.717, 1.165) is 10.9 Å². The molecule has 0 radical (unpaired) electrons. The summed E-state index contributed by atoms with van der Waals surface area (Å²) in [7, 11) is 0. The molecule has 1 heterocycles. The Morgan fingerprint density at radius 1 is 1.14 bits per heavy atom. The van der Waals surface area contributed by atoms with Crippen LogP contribution in [0.1, 0.15) is 5.56 Å². The molecule has 3 rings (SSSR count). The summed E-state index contributed by atoms with van der Waals surface area (Å²) >= 11 is 5.96. The largest absolute Gasteiger partial charge is 0.438 e. The summed E-state index contributed by atoms with van der Waals surface area (Å²) < 4.78 is 5.67. The van der Waals surface area contributed by atoms with Crippen LogP contribution in [-0.4, -0.2) is 4.98 Å². The zero-order valence-corrected chi connectivity index (χ0v) is 11.6. The highest BCUT2D eigenvalue weighted by Crippen LogP contribution is 2.30. The van der Waals surface area contributed by atoms with E-state index in [1.54, 1.807) is 24.3 Å². The van der Waals surface area contributed by atoms with Gasteiger partial charge in [0.05, 0.1) is 16.2 Å². The summed E-state index contributed by atoms with van der Waals surface area (Å²) in [4.78, 5) is 4.37. The Balaban J connectivity index is 2.06. The first-order chi connectivity index (χ1) is 10.2. The number of anilines is 1. The number of fused-ring (bicyclic) bond motifs is 1. The van der Waals surface area contributed by atoms with Crippen LogP contribution in [0, 0.1) is 11.3 Å². The fourth-order valence-corrected chi connectivity index (χ4v) is 2.11. The van der Waals surface area contributed by atoms with Gasteiger partial charge in [-0.15, -0.1) is 0 Å². The smallest absolute Gasteiger partial charge is 0.237 e. The number of para-hydroxylation sites is 1. The second-order valence-corrected chi connectivity index (χ2v) is 4.84. The third-order valence-electron chi connectivity index (χ3n) is 3.00. The van der Waals surface area contributed by atoms with Gasteiger partial charge in [0.1, 0.15) is 17.4 Å². The molecule has 102 valence electrons. The summed E-state index contributed by atoms with van der Waals surface area (Å²) in [6.45, 7) is 0. The Bertz CT molecular complexity index is 871. The summed E-state index contributed by atoms with van der Waals surface area (Å²) in [6, 6.07) is 16.3. The molecule has 0 saturated heterocycles. The number of nitrogens with two attached hydrogens (primary N) is 1. The van der Waals surface area contributed by atoms with Gasteiger partial charge < -0.3 is 10.5 Å². The lowest BCUT2D eigenvalue weighted by molar-refractivity contribution is 0.463. The van der Waals surface area contributed by atoms with Crippen LogP contribution in [0.5, 0.6) is 11.6 Å². The van der Waals surface area contributed by atoms with Crippen molar-refractivity contribution < 1.29 is 4.74 Å². The second-order valence-electron chi connectivity index (χ2n) is 4.43. The number of nitrogens with zero attached hydrogens (tertiary/aromatic N) is 2. The van der Waals surface area contributed by atoms with E-state index in [1.165, 1.54) is 0 Å². The molecule has 4 nitrogen and oxygen atoms in total. The van der Waals surface area contributed by atoms with E-state index in [1.807, 2.05) is 24.3 Å². The lowest BCUT2D eigenvalue weighted by Gasteiger charge is -2.08. The molecule has 0 bridgehead atoms. The van der Waals surface area contributed by atoms with Gasteiger partial charge >= 0.3 is 0 Å². The molecule has 0 spiro atoms. The van der Waals surface area contributed by atoms with Gasteiger partial charge in [0.25, 0.3) is 0 Å². The SMILES string of the molecule is N#Cc1cc2ccccc2nc1Oc1ccc(N)c(Cl)c1. The number of hydrogen-bond acceptors (Lipinski definition) is 4. The quantitative estimate of drug-likeness (QED) is 0.721. The highest BCUT2D eigenvalue weighted by Gasteiger charge is 2.10. The fourth-order valence-electron chi connectivity index (χ4n) is 1.94. The predicted octanol–water partition coefficient (Wildman–Crippen LogP) is 4.13. The Hall–Kier alpha value is -2.77. The van der Waals surface area contributed by atoms with E-state index in [-0.39, 0.29) is 5.88 Å². The van der Waals surface area contributed by atoms with Crippen LogP contribution in [0.4, 0.5) is 5.69 Å². The van der Waals surface area contributed by atoms with E-state index < -0.39 is 0 Å². The molecule has 0 amide bonds. The van der Waals surface area contributed by atoms with Gasteiger partial charge in [0.2, 0.25) is 5.88 Å². The van der Waals surface area contributed by atoms with Crippen molar-refractivity contribution in [2.45, 2.75) is 0 Å². The highest BCUT2D eigenvalue weighted by atomic mass is 35.5. The molecule has 0 fully saturated rings. The zero-order chi connectivity index (χ0) is 14.8. The number of nitrogen functional groups attached to an aromatic ring is 1. The number of aromatic nitrogens is 1. The Labute approximate surface area is 126 Å². The van der Waals surface area contributed by atoms with Gasteiger partial charge in [-0.05, 0) is 24.3 Å². The molecular formula is C16H10ClN3O. The molecule has 0 saturated carbocycles. The highest BCUT2D eigenvalue weighted by molar-refractivity contribution is 6.33. The normalized spacial score (nSPS) is 10.3. The lowest BCUT2D eigenvalue weighted by Crippen LogP contribution is -1.94. The fraction of sp³-hybridized carbons (Fsp3) is 0. The molecule has 0 aliphatic carbocycles. The molecular weight excluding hydrogens is 286 g/mol. The lowest BCUT2D eigenvalue weighted by atomic mass is 10.1. The Morgan fingerprint density at radius 3 is 2.71 bits per heavy atom. The average Bonchev–Trinajstić information content (AvgIpc) is 2.50. The van der Waals surface area contributed by atoms with E-state index in [9.17, 15) is 5.26 Å². The Kier molecular flexibility index (Phi) is 3.35. The summed E-state index contributed by atoms with van der Waals surface area (Å²) in [5.41, 5.74) is 7.25. The summed E-state index contributed by atoms with van der Waals surface area (Å²) in [6.07, 6.45) is 0. The third-order valence-corrected chi connectivity index (χ3v) is 3.32. The van der Waals surface area contributed by atoms with Gasteiger partial charge in [0.15, 0.2) is 0 Å². The molecule has 0 aliphatic rings. The molecule has 0 atom stereocenters. The van der Waals surface area contributed by atoms with Crippen molar-refractivity contribution in [3.63, 3.8) is 0 Å². The summed E-state index contributed by atoms with van der Waals surface area (Å²) in [5.74, 6) is 0.727. The van der Waals surface area contributed by atoms with Gasteiger partial charge in [-0.3, -0.25) is 0 Å². The third kappa shape index (κ3) is 2.60. The van der Waals surface area contributed by atoms with Gasteiger partial charge in [-0.2, -0.15) is 5.26 Å². The van der Waals surface area contributed by atoms with E-state index >= 15 is 0 Å². The van der Waals surface area contributed by atoms with E-state index in [2.05, 4.69) is 11.1 Å². The first-order valence-electron chi connectivity index (χ1n) is 6.20. The number of hydrogen-bond donors (Lipinski definition) is 1. The summed E-state index contributed by atoms with van der Waals surface area (Å²) in [5, 5.41) is 10.5. The standard InChI is InChI=1S/C16H10ClN3O/c17-13-8-12(5-6-14(13)19)21-16-11(9-18)7-10-3-1-2-4-15(10)20-16/h1-8H,19H2. The van der Waals surface area contributed by atoms with Crippen LogP contribution >= 0.6 is 11.6 Å². The molecule has 0 aliphatic heterocycles. The average molecular weight is 296 g/mol. The van der Waals surface area contributed by atoms with Crippen LogP contribution in [0.2, 0.25) is 5.02 Å². The zero-order valence-electron chi connectivity index (χ0n) is 10.9. The molecule has 2 aromatic carbocycles. The molecule has 5 heteroatoms. The molecule has 2 N–H and O–H groups in total. The number of nitriles is 1. The number of pyridine rings is 1. The molecule has 0 unspecified atom stereocenters. The van der Waals surface area contributed by atoms with Gasteiger partial charge in [-0.25, -0.2) is 4.98 Å². The number of ether oxygens (including phenoxy) is 1. The maximum Gasteiger partial charge on any atom is 0.237 e. The van der Waals surface area contributed by atoms with E-state index in [4.69, 9.17) is 22.1 Å². The minimum atomic E-state index is 0.247. The molecule has 21 heavy (non-hydrogen) atoms. The maximum atomic E-state index is 9.24. The minimum Gasteiger partial charge on any atom is -0.438 e. The van der Waals surface area contributed by atoms with Crippen molar-refractivity contribution in [2.24, 2.45) is 0 Å². The number of benzene rings is 2. The van der Waals surface area contributed by atoms with Gasteiger partial charge in [0, 0.05) is 11.5 Å². The maximum absolute atomic E-state index is 9.24. The molecule has 3 aromatic rings. The van der Waals surface area contributed by atoms with Crippen LogP contribution in [0.25, 0.3) is 10.9 Å². The van der Waals surface area contributed by atoms with Crippen LogP contribution in [0.15, 0.2) is 48.5 Å². The number of rotatable bonds is 2. The predicted molar refractivity (Wildman–Crippen MR) is 82.4 cm³/mol. The van der Waals surface area contributed by atoms with Crippen molar-refractivity contribution in [3.8, 4) is 17.7 Å². The Morgan fingerprint density at radius 2 is 1.95 bits per heavy atom. The minimum absolute atomic E-state index is 0.247. The topological polar surface area (TPSA) is 71.9 Å². The van der Waals surface area contributed by atoms with Crippen molar-refractivity contribution in [3.05, 3.63) is 59.1 Å². The van der Waals surface area contributed by atoms with Crippen molar-refractivity contribution in [1.29, 1.82) is 5.26 Å². The van der Waals surface area contributed by atoms with Crippen molar-refractivity contribution in [2.75, 3.05) is 5.73 Å². The van der Waals surface area contributed by atoms with E-state index in [0.29, 0.717) is 22.0 Å². The monoisotopic (exact) mass is 295 g/mol. The van der Waals surface area contributed by atoms with Crippen molar-refractivity contribution in [1.82, 2.24) is 4.98 Å². The second kappa shape index (κ2) is 5.31. The van der Waals surface area contributed by atoms with Crippen LogP contribution in [-0.2, 0) is 0 Å². The number of halogens is 1.